The normalized spacial score (nSPS) is 32.9. The van der Waals surface area contributed by atoms with Crippen LogP contribution in [0.4, 0.5) is 0 Å². The second-order valence-electron chi connectivity index (χ2n) is 12.4. The first-order valence-electron chi connectivity index (χ1n) is 13.7. The molecule has 0 heterocycles. The van der Waals surface area contributed by atoms with Gasteiger partial charge in [-0.15, -0.1) is 26.3 Å². The third-order valence-electron chi connectivity index (χ3n) is 9.60. The molecule has 2 fully saturated rings. The van der Waals surface area contributed by atoms with Crippen molar-refractivity contribution in [3.05, 3.63) is 38.0 Å². The van der Waals surface area contributed by atoms with E-state index in [2.05, 4.69) is 87.8 Å². The Morgan fingerprint density at radius 1 is 0.909 bits per heavy atom. The molecule has 1 N–H and O–H groups in total. The van der Waals surface area contributed by atoms with Crippen LogP contribution in [0.15, 0.2) is 38.0 Å². The van der Waals surface area contributed by atoms with Gasteiger partial charge in [0.05, 0.1) is 0 Å². The van der Waals surface area contributed by atoms with Gasteiger partial charge in [-0.3, -0.25) is 0 Å². The van der Waals surface area contributed by atoms with Gasteiger partial charge in [0.25, 0.3) is 0 Å². The summed E-state index contributed by atoms with van der Waals surface area (Å²) in [5, 5.41) is 7.00. The van der Waals surface area contributed by atoms with E-state index in [1.807, 2.05) is 5.57 Å². The van der Waals surface area contributed by atoms with E-state index in [4.69, 9.17) is 5.11 Å². The Bertz CT molecular complexity index is 569. The molecule has 0 aromatic heterocycles. The van der Waals surface area contributed by atoms with Crippen LogP contribution in [-0.4, -0.2) is 12.2 Å². The third kappa shape index (κ3) is 7.58. The number of fused-ring (bicyclic) bond motifs is 3. The average molecular weight is 461 g/mol. The zero-order valence-electron chi connectivity index (χ0n) is 24.1. The van der Waals surface area contributed by atoms with Crippen molar-refractivity contribution in [2.24, 2.45) is 52.3 Å². The number of hydrogen-bond donors (Lipinski definition) is 1. The predicted octanol–water partition coefficient (Wildman–Crippen LogP) is 9.73. The molecule has 0 radical (unpaired) electrons. The van der Waals surface area contributed by atoms with E-state index in [9.17, 15) is 0 Å². The minimum Gasteiger partial charge on any atom is -0.400 e. The lowest BCUT2D eigenvalue weighted by molar-refractivity contribution is -0.0176. The number of rotatable bonds is 5. The smallest absolute Gasteiger partial charge is 0.0319 e. The van der Waals surface area contributed by atoms with Crippen molar-refractivity contribution in [3.8, 4) is 0 Å². The molecule has 6 unspecified atom stereocenters. The molecule has 0 aliphatic heterocycles. The Labute approximate surface area is 209 Å². The number of hydrogen-bond acceptors (Lipinski definition) is 1. The van der Waals surface area contributed by atoms with Crippen LogP contribution >= 0.6 is 0 Å². The second-order valence-corrected chi connectivity index (χ2v) is 12.4. The van der Waals surface area contributed by atoms with E-state index in [1.165, 1.54) is 51.4 Å². The molecule has 0 aromatic rings. The summed E-state index contributed by atoms with van der Waals surface area (Å²) < 4.78 is 0. The molecule has 33 heavy (non-hydrogen) atoms. The molecular weight excluding hydrogens is 400 g/mol. The summed E-state index contributed by atoms with van der Waals surface area (Å²) in [4.78, 5) is 0. The molecule has 1 nitrogen and oxygen atoms in total. The number of aliphatic hydroxyl groups excluding tert-OH is 1. The van der Waals surface area contributed by atoms with Gasteiger partial charge in [0.2, 0.25) is 0 Å². The first-order valence-corrected chi connectivity index (χ1v) is 13.7. The summed E-state index contributed by atoms with van der Waals surface area (Å²) in [5.41, 5.74) is 2.87. The maximum absolute atomic E-state index is 7.00. The molecule has 3 aliphatic carbocycles. The minimum atomic E-state index is 0.412. The first-order chi connectivity index (χ1) is 15.6. The van der Waals surface area contributed by atoms with Gasteiger partial charge in [-0.2, -0.15) is 0 Å². The minimum absolute atomic E-state index is 0.412. The van der Waals surface area contributed by atoms with E-state index in [-0.39, 0.29) is 0 Å². The SMILES string of the molecule is C=C.C=C.CC(C)CC1CCC2(C)C(CC=C3C2CCC(CC(C)C(C)C)C3(C)C)C1.CO. The molecule has 2 saturated carbocycles. The highest BCUT2D eigenvalue weighted by Gasteiger charge is 2.53. The fourth-order valence-corrected chi connectivity index (χ4v) is 7.28. The van der Waals surface area contributed by atoms with Crippen molar-refractivity contribution < 1.29 is 5.11 Å². The van der Waals surface area contributed by atoms with Crippen molar-refractivity contribution in [1.29, 1.82) is 0 Å². The van der Waals surface area contributed by atoms with Gasteiger partial charge in [-0.25, -0.2) is 0 Å². The van der Waals surface area contributed by atoms with Crippen LogP contribution in [0.2, 0.25) is 0 Å². The van der Waals surface area contributed by atoms with Gasteiger partial charge in [-0.05, 0) is 104 Å². The first kappa shape index (κ1) is 32.2. The van der Waals surface area contributed by atoms with E-state index < -0.39 is 0 Å². The highest BCUT2D eigenvalue weighted by Crippen LogP contribution is 2.63. The lowest BCUT2D eigenvalue weighted by Crippen LogP contribution is -2.49. The topological polar surface area (TPSA) is 20.2 Å². The van der Waals surface area contributed by atoms with Crippen LogP contribution in [0.3, 0.4) is 0 Å². The monoisotopic (exact) mass is 460 g/mol. The average Bonchev–Trinajstić information content (AvgIpc) is 2.79. The summed E-state index contributed by atoms with van der Waals surface area (Å²) in [6.45, 7) is 32.0. The fraction of sp³-hybridized carbons (Fsp3) is 0.812. The van der Waals surface area contributed by atoms with Gasteiger partial charge < -0.3 is 5.11 Å². The number of allylic oxidation sites excluding steroid dienone is 2. The Kier molecular flexibility index (Phi) is 14.2. The molecule has 3 aliphatic rings. The fourth-order valence-electron chi connectivity index (χ4n) is 7.28. The summed E-state index contributed by atoms with van der Waals surface area (Å²) in [7, 11) is 1.00. The molecular formula is C32H60O. The molecule has 3 rings (SSSR count). The van der Waals surface area contributed by atoms with Crippen LogP contribution in [0.5, 0.6) is 0 Å². The summed E-state index contributed by atoms with van der Waals surface area (Å²) in [6.07, 6.45) is 14.4. The molecule has 6 atom stereocenters. The van der Waals surface area contributed by atoms with Crippen molar-refractivity contribution in [1.82, 2.24) is 0 Å². The number of aliphatic hydroxyl groups is 1. The van der Waals surface area contributed by atoms with Crippen LogP contribution in [0.1, 0.15) is 107 Å². The quantitative estimate of drug-likeness (QED) is 0.405. The molecule has 1 heteroatoms. The van der Waals surface area contributed by atoms with Crippen LogP contribution in [-0.2, 0) is 0 Å². The van der Waals surface area contributed by atoms with E-state index in [1.54, 1.807) is 0 Å². The van der Waals surface area contributed by atoms with Crippen molar-refractivity contribution in [3.63, 3.8) is 0 Å². The third-order valence-corrected chi connectivity index (χ3v) is 9.60. The van der Waals surface area contributed by atoms with Gasteiger partial charge in [0.15, 0.2) is 0 Å². The summed E-state index contributed by atoms with van der Waals surface area (Å²) in [5.74, 6) is 6.24. The Balaban J connectivity index is 0.00000158. The van der Waals surface area contributed by atoms with Gasteiger partial charge in [0.1, 0.15) is 0 Å². The molecule has 0 bridgehead atoms. The molecule has 0 spiro atoms. The van der Waals surface area contributed by atoms with Crippen LogP contribution in [0.25, 0.3) is 0 Å². The Morgan fingerprint density at radius 2 is 1.48 bits per heavy atom. The Hall–Kier alpha value is -0.820. The van der Waals surface area contributed by atoms with E-state index in [0.717, 1.165) is 48.5 Å². The standard InChI is InChI=1S/C27H48.2C2H4.CH4O/c1-18(2)15-21-13-14-27(8)23(17-21)10-11-24-25(27)12-9-22(26(24,6)7)16-20(5)19(3)4;3*1-2/h11,18-23,25H,9-10,12-17H2,1-8H3;2*1-2H2;2H,1H3. The van der Waals surface area contributed by atoms with Crippen molar-refractivity contribution >= 4 is 0 Å². The molecule has 0 aromatic carbocycles. The Morgan fingerprint density at radius 3 is 2.00 bits per heavy atom. The van der Waals surface area contributed by atoms with Gasteiger partial charge >= 0.3 is 0 Å². The zero-order valence-corrected chi connectivity index (χ0v) is 24.1. The van der Waals surface area contributed by atoms with Crippen molar-refractivity contribution in [2.45, 2.75) is 107 Å². The summed E-state index contributed by atoms with van der Waals surface area (Å²) in [6, 6.07) is 0. The van der Waals surface area contributed by atoms with Crippen molar-refractivity contribution in [2.75, 3.05) is 7.11 Å². The predicted molar refractivity (Wildman–Crippen MR) is 150 cm³/mol. The highest BCUT2D eigenvalue weighted by molar-refractivity contribution is 5.27. The van der Waals surface area contributed by atoms with Gasteiger partial charge in [0, 0.05) is 7.11 Å². The zero-order chi connectivity index (χ0) is 26.0. The highest BCUT2D eigenvalue weighted by atomic mass is 16.2. The molecule has 194 valence electrons. The lowest BCUT2D eigenvalue weighted by atomic mass is 9.46. The van der Waals surface area contributed by atoms with Crippen LogP contribution < -0.4 is 0 Å². The van der Waals surface area contributed by atoms with Gasteiger partial charge in [-0.1, -0.05) is 67.0 Å². The van der Waals surface area contributed by atoms with Crippen LogP contribution in [0, 0.1) is 52.3 Å². The van der Waals surface area contributed by atoms with E-state index in [0.29, 0.717) is 10.8 Å². The second kappa shape index (κ2) is 14.6. The molecule has 0 saturated heterocycles. The maximum Gasteiger partial charge on any atom is 0.0319 e. The van der Waals surface area contributed by atoms with E-state index >= 15 is 0 Å². The summed E-state index contributed by atoms with van der Waals surface area (Å²) >= 11 is 0. The largest absolute Gasteiger partial charge is 0.400 e. The lowest BCUT2D eigenvalue weighted by Gasteiger charge is -2.59. The molecule has 0 amide bonds. The maximum atomic E-state index is 7.00.